The van der Waals surface area contributed by atoms with E-state index < -0.39 is 74.6 Å². The molecule has 2 heterocycles. The Hall–Kier alpha value is -0.440. The molecule has 0 aromatic rings. The molecule has 2 rings (SSSR count). The molecule has 11 nitrogen and oxygen atoms in total. The summed E-state index contributed by atoms with van der Waals surface area (Å²) in [6.07, 6.45) is -14.3. The lowest BCUT2D eigenvalue weighted by Gasteiger charge is -2.45. The molecule has 10 atom stereocenters. The minimum Gasteiger partial charge on any atom is -0.394 e. The normalized spacial score (nSPS) is 50.0. The monoisotopic (exact) mass is 356 g/mol. The van der Waals surface area contributed by atoms with Crippen molar-refractivity contribution in [1.82, 2.24) is 0 Å². The van der Waals surface area contributed by atoms with Gasteiger partial charge < -0.3 is 54.7 Å². The molecule has 0 radical (unpaired) electrons. The van der Waals surface area contributed by atoms with E-state index in [1.54, 1.807) is 0 Å². The molecule has 142 valence electrons. The Bertz CT molecular complexity index is 392. The number of aliphatic hydroxyl groups is 7. The highest BCUT2D eigenvalue weighted by atomic mass is 16.8. The van der Waals surface area contributed by atoms with E-state index in [0.29, 0.717) is 0 Å². The molecular weight excluding hydrogens is 332 g/mol. The molecule has 0 aromatic carbocycles. The predicted molar refractivity (Wildman–Crippen MR) is 73.4 cm³/mol. The smallest absolute Gasteiger partial charge is 0.187 e. The SMILES string of the molecule is COC1O[C@H](CO)[C@H](O)[C@H](O)[C@@H]1OC1O[C@H](CO)[C@@H](O)[C@H](O)[C@@H]1O. The van der Waals surface area contributed by atoms with E-state index in [-0.39, 0.29) is 0 Å². The van der Waals surface area contributed by atoms with E-state index in [2.05, 4.69) is 0 Å². The first-order valence-corrected chi connectivity index (χ1v) is 7.46. The van der Waals surface area contributed by atoms with E-state index in [1.807, 2.05) is 0 Å². The molecule has 0 spiro atoms. The maximum absolute atomic E-state index is 10.2. The van der Waals surface area contributed by atoms with Gasteiger partial charge in [-0.3, -0.25) is 0 Å². The number of methoxy groups -OCH3 is 1. The second kappa shape index (κ2) is 8.29. The van der Waals surface area contributed by atoms with Gasteiger partial charge in [0, 0.05) is 7.11 Å². The molecule has 0 aromatic heterocycles. The van der Waals surface area contributed by atoms with Crippen molar-refractivity contribution in [2.75, 3.05) is 20.3 Å². The van der Waals surface area contributed by atoms with Gasteiger partial charge in [-0.25, -0.2) is 0 Å². The maximum atomic E-state index is 10.2. The molecule has 2 saturated heterocycles. The molecule has 7 N–H and O–H groups in total. The van der Waals surface area contributed by atoms with Gasteiger partial charge in [-0.15, -0.1) is 0 Å². The van der Waals surface area contributed by atoms with E-state index in [4.69, 9.17) is 29.2 Å². The Labute approximate surface area is 137 Å². The van der Waals surface area contributed by atoms with Crippen molar-refractivity contribution in [3.63, 3.8) is 0 Å². The summed E-state index contributed by atoms with van der Waals surface area (Å²) in [4.78, 5) is 0. The first-order valence-electron chi connectivity index (χ1n) is 7.46. The molecule has 2 aliphatic rings. The highest BCUT2D eigenvalue weighted by molar-refractivity contribution is 4.93. The Morgan fingerprint density at radius 3 is 1.71 bits per heavy atom. The van der Waals surface area contributed by atoms with Crippen molar-refractivity contribution in [2.24, 2.45) is 0 Å². The fraction of sp³-hybridized carbons (Fsp3) is 1.00. The zero-order valence-electron chi connectivity index (χ0n) is 13.0. The van der Waals surface area contributed by atoms with Gasteiger partial charge in [0.25, 0.3) is 0 Å². The van der Waals surface area contributed by atoms with Gasteiger partial charge in [0.05, 0.1) is 13.2 Å². The van der Waals surface area contributed by atoms with Crippen molar-refractivity contribution in [2.45, 2.75) is 61.4 Å². The summed E-state index contributed by atoms with van der Waals surface area (Å²) in [5.74, 6) is 0. The van der Waals surface area contributed by atoms with Crippen LogP contribution in [0.25, 0.3) is 0 Å². The van der Waals surface area contributed by atoms with Crippen LogP contribution in [0, 0.1) is 0 Å². The summed E-state index contributed by atoms with van der Waals surface area (Å²) < 4.78 is 20.8. The van der Waals surface area contributed by atoms with Crippen molar-refractivity contribution >= 4 is 0 Å². The number of hydrogen-bond acceptors (Lipinski definition) is 11. The quantitative estimate of drug-likeness (QED) is 0.251. The van der Waals surface area contributed by atoms with Crippen LogP contribution in [0.3, 0.4) is 0 Å². The average molecular weight is 356 g/mol. The molecule has 0 aliphatic carbocycles. The highest BCUT2D eigenvalue weighted by Crippen LogP contribution is 2.29. The Kier molecular flexibility index (Phi) is 6.87. The zero-order chi connectivity index (χ0) is 18.0. The molecule has 24 heavy (non-hydrogen) atoms. The van der Waals surface area contributed by atoms with Crippen LogP contribution in [0.15, 0.2) is 0 Å². The third kappa shape index (κ3) is 3.71. The van der Waals surface area contributed by atoms with Crippen molar-refractivity contribution < 1.29 is 54.7 Å². The summed E-state index contributed by atoms with van der Waals surface area (Å²) in [6.45, 7) is -1.21. The second-order valence-corrected chi connectivity index (χ2v) is 5.74. The van der Waals surface area contributed by atoms with Gasteiger partial charge in [-0.05, 0) is 0 Å². The minimum absolute atomic E-state index is 0.565. The summed E-state index contributed by atoms with van der Waals surface area (Å²) in [5, 5.41) is 67.8. The molecule has 2 unspecified atom stereocenters. The van der Waals surface area contributed by atoms with Crippen molar-refractivity contribution in [3.05, 3.63) is 0 Å². The Morgan fingerprint density at radius 1 is 0.708 bits per heavy atom. The van der Waals surface area contributed by atoms with Crippen LogP contribution in [0.4, 0.5) is 0 Å². The van der Waals surface area contributed by atoms with Gasteiger partial charge >= 0.3 is 0 Å². The first-order chi connectivity index (χ1) is 11.3. The van der Waals surface area contributed by atoms with Crippen LogP contribution in [-0.4, -0.2) is 117 Å². The Balaban J connectivity index is 2.12. The topological polar surface area (TPSA) is 179 Å². The summed E-state index contributed by atoms with van der Waals surface area (Å²) in [5.41, 5.74) is 0. The van der Waals surface area contributed by atoms with Gasteiger partial charge in [-0.2, -0.15) is 0 Å². The predicted octanol–water partition coefficient (Wildman–Crippen LogP) is -4.74. The number of rotatable bonds is 5. The van der Waals surface area contributed by atoms with E-state index in [1.165, 1.54) is 7.11 Å². The molecule has 0 amide bonds. The lowest BCUT2D eigenvalue weighted by Crippen LogP contribution is -2.64. The lowest BCUT2D eigenvalue weighted by atomic mass is 9.97. The Morgan fingerprint density at radius 2 is 1.21 bits per heavy atom. The van der Waals surface area contributed by atoms with E-state index in [0.717, 1.165) is 0 Å². The largest absolute Gasteiger partial charge is 0.394 e. The molecule has 0 saturated carbocycles. The van der Waals surface area contributed by atoms with Crippen LogP contribution in [0.1, 0.15) is 0 Å². The van der Waals surface area contributed by atoms with Crippen molar-refractivity contribution in [1.29, 1.82) is 0 Å². The van der Waals surface area contributed by atoms with E-state index >= 15 is 0 Å². The number of hydrogen-bond donors (Lipinski definition) is 7. The van der Waals surface area contributed by atoms with Crippen LogP contribution in [0.2, 0.25) is 0 Å². The summed E-state index contributed by atoms with van der Waals surface area (Å²) in [6, 6.07) is 0. The summed E-state index contributed by atoms with van der Waals surface area (Å²) in [7, 11) is 1.24. The zero-order valence-corrected chi connectivity index (χ0v) is 13.0. The van der Waals surface area contributed by atoms with Crippen LogP contribution < -0.4 is 0 Å². The molecule has 0 bridgehead atoms. The third-order valence-electron chi connectivity index (χ3n) is 4.20. The van der Waals surface area contributed by atoms with Gasteiger partial charge in [0.1, 0.15) is 48.8 Å². The van der Waals surface area contributed by atoms with Crippen LogP contribution in [0.5, 0.6) is 0 Å². The third-order valence-corrected chi connectivity index (χ3v) is 4.20. The molecule has 11 heteroatoms. The van der Waals surface area contributed by atoms with Gasteiger partial charge in [0.2, 0.25) is 0 Å². The van der Waals surface area contributed by atoms with Gasteiger partial charge in [0.15, 0.2) is 12.6 Å². The fourth-order valence-electron chi connectivity index (χ4n) is 2.73. The standard InChI is InChI=1S/C13H24O11/c1-21-13-11(9(19)7(17)5(3-15)23-13)24-12-10(20)8(18)6(16)4(2-14)22-12/h4-20H,2-3H2,1H3/t4-,5-,6-,7+,8+,9+,10+,11+,12?,13?/m1/s1. The molecular formula is C13H24O11. The van der Waals surface area contributed by atoms with E-state index in [9.17, 15) is 25.5 Å². The molecule has 2 fully saturated rings. The molecule has 2 aliphatic heterocycles. The number of ether oxygens (including phenoxy) is 4. The van der Waals surface area contributed by atoms with Crippen LogP contribution >= 0.6 is 0 Å². The maximum Gasteiger partial charge on any atom is 0.187 e. The lowest BCUT2D eigenvalue weighted by molar-refractivity contribution is -0.364. The second-order valence-electron chi connectivity index (χ2n) is 5.74. The highest BCUT2D eigenvalue weighted by Gasteiger charge is 2.50. The average Bonchev–Trinajstić information content (AvgIpc) is 2.59. The van der Waals surface area contributed by atoms with Crippen molar-refractivity contribution in [3.8, 4) is 0 Å². The summed E-state index contributed by atoms with van der Waals surface area (Å²) >= 11 is 0. The van der Waals surface area contributed by atoms with Crippen LogP contribution in [-0.2, 0) is 18.9 Å². The first kappa shape index (κ1) is 19.9. The number of aliphatic hydroxyl groups excluding tert-OH is 7. The fourth-order valence-corrected chi connectivity index (χ4v) is 2.73. The minimum atomic E-state index is -1.68. The van der Waals surface area contributed by atoms with Gasteiger partial charge in [-0.1, -0.05) is 0 Å².